The molecule has 3 aromatic rings. The van der Waals surface area contributed by atoms with Crippen LogP contribution in [0.5, 0.6) is 5.75 Å². The Kier molecular flexibility index (Phi) is 5.25. The van der Waals surface area contributed by atoms with Crippen LogP contribution < -0.4 is 10.1 Å². The molecule has 0 aliphatic rings. The minimum Gasteiger partial charge on any atom is -0.481 e. The maximum Gasteiger partial charge on any atom is 0.270 e. The Labute approximate surface area is 150 Å². The van der Waals surface area contributed by atoms with Gasteiger partial charge >= 0.3 is 0 Å². The van der Waals surface area contributed by atoms with Crippen molar-refractivity contribution in [2.24, 2.45) is 0 Å². The molecule has 0 saturated heterocycles. The number of nitrogens with zero attached hydrogens (tertiary/aromatic N) is 3. The van der Waals surface area contributed by atoms with Gasteiger partial charge in [-0.3, -0.25) is 10.1 Å². The fraction of sp³-hybridized carbons (Fsp3) is 0.158. The van der Waals surface area contributed by atoms with Crippen LogP contribution in [0, 0.1) is 22.5 Å². The van der Waals surface area contributed by atoms with Crippen molar-refractivity contribution in [3.63, 3.8) is 0 Å². The first-order chi connectivity index (χ1) is 12.7. The molecule has 0 aliphatic carbocycles. The topological polar surface area (TPSA) is 90.2 Å². The second-order valence-corrected chi connectivity index (χ2v) is 5.49. The lowest BCUT2D eigenvalue weighted by molar-refractivity contribution is -0.384. The molecule has 0 fully saturated rings. The Balaban J connectivity index is 1.67. The molecule has 26 heavy (non-hydrogen) atoms. The average Bonchev–Trinajstić information content (AvgIpc) is 2.67. The van der Waals surface area contributed by atoms with Crippen molar-refractivity contribution >= 4 is 22.4 Å². The summed E-state index contributed by atoms with van der Waals surface area (Å²) in [6.45, 7) is 0.868. The number of ether oxygens (including phenoxy) is 1. The number of hydrogen-bond acceptors (Lipinski definition) is 6. The van der Waals surface area contributed by atoms with Crippen LogP contribution in [0.4, 0.5) is 11.5 Å². The molecular weight excluding hydrogens is 332 g/mol. The largest absolute Gasteiger partial charge is 0.481 e. The highest BCUT2D eigenvalue weighted by Crippen LogP contribution is 2.24. The van der Waals surface area contributed by atoms with E-state index in [2.05, 4.69) is 21.2 Å². The van der Waals surface area contributed by atoms with Gasteiger partial charge in [-0.15, -0.1) is 6.42 Å². The first-order valence-corrected chi connectivity index (χ1v) is 7.95. The SMILES string of the molecule is C#CCOc1ccc(CCNc2ncnc3ccc([N+](=O)[O-])cc23)cc1. The Morgan fingerprint density at radius 3 is 2.73 bits per heavy atom. The molecule has 1 heterocycles. The van der Waals surface area contributed by atoms with Gasteiger partial charge in [-0.1, -0.05) is 18.1 Å². The molecule has 0 atom stereocenters. The Morgan fingerprint density at radius 1 is 1.19 bits per heavy atom. The maximum absolute atomic E-state index is 11.0. The van der Waals surface area contributed by atoms with Crippen LogP contribution in [-0.4, -0.2) is 28.0 Å². The molecule has 0 amide bonds. The van der Waals surface area contributed by atoms with Crippen molar-refractivity contribution < 1.29 is 9.66 Å². The van der Waals surface area contributed by atoms with E-state index in [4.69, 9.17) is 11.2 Å². The molecule has 0 radical (unpaired) electrons. The summed E-state index contributed by atoms with van der Waals surface area (Å²) in [5.74, 6) is 3.73. The lowest BCUT2D eigenvalue weighted by Crippen LogP contribution is -2.07. The van der Waals surface area contributed by atoms with E-state index < -0.39 is 4.92 Å². The lowest BCUT2D eigenvalue weighted by atomic mass is 10.1. The molecule has 7 heteroatoms. The van der Waals surface area contributed by atoms with E-state index in [1.165, 1.54) is 18.5 Å². The van der Waals surface area contributed by atoms with Crippen molar-refractivity contribution in [3.8, 4) is 18.1 Å². The summed E-state index contributed by atoms with van der Waals surface area (Å²) < 4.78 is 5.34. The van der Waals surface area contributed by atoms with Crippen LogP contribution in [0.2, 0.25) is 0 Å². The van der Waals surface area contributed by atoms with E-state index in [1.807, 2.05) is 24.3 Å². The molecule has 1 aromatic heterocycles. The fourth-order valence-corrected chi connectivity index (χ4v) is 2.50. The van der Waals surface area contributed by atoms with Gasteiger partial charge in [0, 0.05) is 24.1 Å². The normalized spacial score (nSPS) is 10.3. The molecule has 130 valence electrons. The maximum atomic E-state index is 11.0. The molecular formula is C19H16N4O3. The highest BCUT2D eigenvalue weighted by molar-refractivity contribution is 5.90. The minimum absolute atomic E-state index is 0.0120. The number of nitro benzene ring substituents is 1. The van der Waals surface area contributed by atoms with Gasteiger partial charge < -0.3 is 10.1 Å². The quantitative estimate of drug-likeness (QED) is 0.401. The van der Waals surface area contributed by atoms with E-state index in [0.717, 1.165) is 17.7 Å². The van der Waals surface area contributed by atoms with Gasteiger partial charge in [0.2, 0.25) is 0 Å². The molecule has 1 N–H and O–H groups in total. The Morgan fingerprint density at radius 2 is 2.00 bits per heavy atom. The van der Waals surface area contributed by atoms with Gasteiger partial charge in [-0.05, 0) is 30.2 Å². The summed E-state index contributed by atoms with van der Waals surface area (Å²) in [7, 11) is 0. The third kappa shape index (κ3) is 4.05. The third-order valence-electron chi connectivity index (χ3n) is 3.78. The third-order valence-corrected chi connectivity index (χ3v) is 3.78. The molecule has 0 saturated carbocycles. The first-order valence-electron chi connectivity index (χ1n) is 7.95. The predicted molar refractivity (Wildman–Crippen MR) is 99.2 cm³/mol. The summed E-state index contributed by atoms with van der Waals surface area (Å²) in [5.41, 5.74) is 1.79. The van der Waals surface area contributed by atoms with Crippen LogP contribution in [-0.2, 0) is 6.42 Å². The number of nitro groups is 1. The number of aromatic nitrogens is 2. The highest BCUT2D eigenvalue weighted by Gasteiger charge is 2.10. The highest BCUT2D eigenvalue weighted by atomic mass is 16.6. The summed E-state index contributed by atoms with van der Waals surface area (Å²) in [4.78, 5) is 18.9. The Bertz CT molecular complexity index is 965. The smallest absolute Gasteiger partial charge is 0.270 e. The molecule has 0 bridgehead atoms. The summed E-state index contributed by atoms with van der Waals surface area (Å²) in [6, 6.07) is 12.2. The van der Waals surface area contributed by atoms with Crippen LogP contribution in [0.1, 0.15) is 5.56 Å². The van der Waals surface area contributed by atoms with Crippen molar-refractivity contribution in [2.75, 3.05) is 18.5 Å². The number of benzene rings is 2. The first kappa shape index (κ1) is 17.2. The van der Waals surface area contributed by atoms with E-state index in [1.54, 1.807) is 6.07 Å². The number of terminal acetylenes is 1. The Hall–Kier alpha value is -3.66. The zero-order chi connectivity index (χ0) is 18.4. The van der Waals surface area contributed by atoms with Crippen LogP contribution in [0.15, 0.2) is 48.8 Å². The fourth-order valence-electron chi connectivity index (χ4n) is 2.50. The predicted octanol–water partition coefficient (Wildman–Crippen LogP) is 3.20. The number of nitrogens with one attached hydrogen (secondary N) is 1. The lowest BCUT2D eigenvalue weighted by Gasteiger charge is -2.09. The van der Waals surface area contributed by atoms with Gasteiger partial charge in [0.1, 0.15) is 24.5 Å². The zero-order valence-electron chi connectivity index (χ0n) is 13.9. The molecule has 0 unspecified atom stereocenters. The standard InChI is InChI=1S/C19H16N4O3/c1-2-11-26-16-6-3-14(4-7-16)9-10-20-19-17-12-15(23(24)25)5-8-18(17)21-13-22-19/h1,3-8,12-13H,9-11H2,(H,20,21,22). The number of hydrogen-bond donors (Lipinski definition) is 1. The minimum atomic E-state index is -0.431. The van der Waals surface area contributed by atoms with E-state index >= 15 is 0 Å². The zero-order valence-corrected chi connectivity index (χ0v) is 13.9. The number of non-ortho nitro benzene ring substituents is 1. The van der Waals surface area contributed by atoms with Crippen molar-refractivity contribution in [2.45, 2.75) is 6.42 Å². The van der Waals surface area contributed by atoms with Gasteiger partial charge in [0.05, 0.1) is 10.4 Å². The summed E-state index contributed by atoms with van der Waals surface area (Å²) in [6.07, 6.45) is 7.36. The average molecular weight is 348 g/mol. The summed E-state index contributed by atoms with van der Waals surface area (Å²) >= 11 is 0. The van der Waals surface area contributed by atoms with Crippen LogP contribution in [0.3, 0.4) is 0 Å². The molecule has 7 nitrogen and oxygen atoms in total. The van der Waals surface area contributed by atoms with Crippen molar-refractivity contribution in [1.29, 1.82) is 0 Å². The number of fused-ring (bicyclic) bond motifs is 1. The van der Waals surface area contributed by atoms with Gasteiger partial charge in [0.15, 0.2) is 0 Å². The van der Waals surface area contributed by atoms with E-state index in [0.29, 0.717) is 23.3 Å². The van der Waals surface area contributed by atoms with Gasteiger partial charge in [-0.25, -0.2) is 9.97 Å². The molecule has 0 aliphatic heterocycles. The second kappa shape index (κ2) is 7.94. The van der Waals surface area contributed by atoms with Gasteiger partial charge in [0.25, 0.3) is 5.69 Å². The number of anilines is 1. The van der Waals surface area contributed by atoms with Gasteiger partial charge in [-0.2, -0.15) is 0 Å². The molecule has 2 aromatic carbocycles. The van der Waals surface area contributed by atoms with Crippen molar-refractivity contribution in [3.05, 3.63) is 64.5 Å². The van der Waals surface area contributed by atoms with E-state index in [-0.39, 0.29) is 12.3 Å². The van der Waals surface area contributed by atoms with Crippen LogP contribution in [0.25, 0.3) is 10.9 Å². The molecule has 3 rings (SSSR count). The van der Waals surface area contributed by atoms with Crippen molar-refractivity contribution in [1.82, 2.24) is 9.97 Å². The number of rotatable bonds is 7. The second-order valence-electron chi connectivity index (χ2n) is 5.49. The monoisotopic (exact) mass is 348 g/mol. The summed E-state index contributed by atoms with van der Waals surface area (Å²) in [5, 5.41) is 14.8. The molecule has 0 spiro atoms. The van der Waals surface area contributed by atoms with Crippen LogP contribution >= 0.6 is 0 Å². The van der Waals surface area contributed by atoms with E-state index in [9.17, 15) is 10.1 Å².